The molecular weight excluding hydrogens is 220 g/mol. The zero-order valence-corrected chi connectivity index (χ0v) is 12.4. The van der Waals surface area contributed by atoms with E-state index in [0.717, 1.165) is 31.3 Å². The first-order valence-electron chi connectivity index (χ1n) is 6.72. The lowest BCUT2D eigenvalue weighted by Gasteiger charge is -2.05. The van der Waals surface area contributed by atoms with E-state index in [1.54, 1.807) is 0 Å². The van der Waals surface area contributed by atoms with Crippen molar-refractivity contribution in [1.29, 1.82) is 0 Å². The normalized spacial score (nSPS) is 12.5. The number of hydrogen-bond acceptors (Lipinski definition) is 1. The third-order valence-corrected chi connectivity index (χ3v) is 2.88. The molecule has 102 valence electrons. The Kier molecular flexibility index (Phi) is 9.31. The second-order valence-electron chi connectivity index (χ2n) is 5.10. The maximum atomic E-state index is 8.92. The van der Waals surface area contributed by atoms with Crippen LogP contribution in [0.1, 0.15) is 53.4 Å². The maximum Gasteiger partial charge on any atom is 0.0618 e. The fraction of sp³-hybridized carbons (Fsp3) is 0.529. The molecule has 0 unspecified atom stereocenters. The molecule has 0 amide bonds. The summed E-state index contributed by atoms with van der Waals surface area (Å²) < 4.78 is 0. The molecule has 0 aliphatic heterocycles. The van der Waals surface area contributed by atoms with Crippen molar-refractivity contribution in [2.24, 2.45) is 0 Å². The summed E-state index contributed by atoms with van der Waals surface area (Å²) in [6, 6.07) is 0. The second-order valence-corrected chi connectivity index (χ2v) is 5.10. The van der Waals surface area contributed by atoms with E-state index in [-0.39, 0.29) is 6.61 Å². The molecule has 0 spiro atoms. The van der Waals surface area contributed by atoms with Crippen LogP contribution in [0.2, 0.25) is 0 Å². The van der Waals surface area contributed by atoms with Crippen LogP contribution in [0.3, 0.4) is 0 Å². The molecule has 0 bridgehead atoms. The zero-order valence-electron chi connectivity index (χ0n) is 12.4. The van der Waals surface area contributed by atoms with Crippen molar-refractivity contribution in [1.82, 2.24) is 0 Å². The third kappa shape index (κ3) is 9.00. The van der Waals surface area contributed by atoms with Gasteiger partial charge in [-0.15, -0.1) is 0 Å². The molecule has 0 atom stereocenters. The van der Waals surface area contributed by atoms with E-state index >= 15 is 0 Å². The minimum atomic E-state index is 0.103. The highest BCUT2D eigenvalue weighted by atomic mass is 16.2. The molecule has 0 aromatic heterocycles. The Balaban J connectivity index is 4.10. The third-order valence-electron chi connectivity index (χ3n) is 2.88. The fourth-order valence-electron chi connectivity index (χ4n) is 1.76. The van der Waals surface area contributed by atoms with Crippen molar-refractivity contribution in [3.63, 3.8) is 0 Å². The van der Waals surface area contributed by atoms with Crippen LogP contribution in [0.15, 0.2) is 47.1 Å². The summed E-state index contributed by atoms with van der Waals surface area (Å²) in [6.07, 6.45) is 10.7. The van der Waals surface area contributed by atoms with Crippen LogP contribution in [0.4, 0.5) is 0 Å². The summed E-state index contributed by atoms with van der Waals surface area (Å²) in [5.41, 5.74) is 5.06. The van der Waals surface area contributed by atoms with Crippen molar-refractivity contribution in [3.8, 4) is 0 Å². The zero-order chi connectivity index (χ0) is 14.0. The second kappa shape index (κ2) is 9.90. The van der Waals surface area contributed by atoms with Crippen molar-refractivity contribution < 1.29 is 5.11 Å². The predicted molar refractivity (Wildman–Crippen MR) is 81.6 cm³/mol. The monoisotopic (exact) mass is 248 g/mol. The van der Waals surface area contributed by atoms with E-state index in [9.17, 15) is 0 Å². The first-order valence-corrected chi connectivity index (χ1v) is 6.72. The summed E-state index contributed by atoms with van der Waals surface area (Å²) >= 11 is 0. The van der Waals surface area contributed by atoms with Gasteiger partial charge in [0.05, 0.1) is 6.61 Å². The Hall–Kier alpha value is -1.08. The Morgan fingerprint density at radius 2 is 1.56 bits per heavy atom. The molecule has 1 heteroatoms. The van der Waals surface area contributed by atoms with Gasteiger partial charge in [-0.25, -0.2) is 0 Å². The highest BCUT2D eigenvalue weighted by Gasteiger charge is 1.97. The molecule has 0 aromatic carbocycles. The minimum absolute atomic E-state index is 0.103. The lowest BCUT2D eigenvalue weighted by atomic mass is 10.0. The van der Waals surface area contributed by atoms with Gasteiger partial charge in [0.25, 0.3) is 0 Å². The van der Waals surface area contributed by atoms with Crippen LogP contribution in [0, 0.1) is 0 Å². The minimum Gasteiger partial charge on any atom is -0.392 e. The molecule has 0 rings (SSSR count). The molecule has 0 radical (unpaired) electrons. The Bertz CT molecular complexity index is 339. The number of hydrogen-bond donors (Lipinski definition) is 1. The van der Waals surface area contributed by atoms with Gasteiger partial charge in [-0.3, -0.25) is 0 Å². The molecule has 0 saturated heterocycles. The van der Waals surface area contributed by atoms with Crippen LogP contribution >= 0.6 is 0 Å². The first kappa shape index (κ1) is 16.9. The molecule has 0 aliphatic carbocycles. The van der Waals surface area contributed by atoms with E-state index in [0.29, 0.717) is 0 Å². The van der Waals surface area contributed by atoms with Crippen LogP contribution in [0.25, 0.3) is 0 Å². The van der Waals surface area contributed by atoms with Gasteiger partial charge in [0.15, 0.2) is 0 Å². The van der Waals surface area contributed by atoms with Gasteiger partial charge in [0, 0.05) is 0 Å². The topological polar surface area (TPSA) is 20.2 Å². The molecule has 0 saturated carbocycles. The van der Waals surface area contributed by atoms with Gasteiger partial charge < -0.3 is 5.11 Å². The molecule has 0 aromatic rings. The largest absolute Gasteiger partial charge is 0.392 e. The Morgan fingerprint density at radius 3 is 2.06 bits per heavy atom. The fourth-order valence-corrected chi connectivity index (χ4v) is 1.76. The molecule has 0 heterocycles. The maximum absolute atomic E-state index is 8.92. The first-order chi connectivity index (χ1) is 8.47. The average molecular weight is 248 g/mol. The SMILES string of the molecule is C=C(C)C(=CCO)CCC=C(C)CCC=C(C)C. The Labute approximate surface area is 113 Å². The van der Waals surface area contributed by atoms with Gasteiger partial charge in [-0.2, -0.15) is 0 Å². The van der Waals surface area contributed by atoms with Crippen LogP contribution in [-0.2, 0) is 0 Å². The van der Waals surface area contributed by atoms with Crippen molar-refractivity contribution in [2.75, 3.05) is 6.61 Å². The lowest BCUT2D eigenvalue weighted by molar-refractivity contribution is 0.341. The van der Waals surface area contributed by atoms with E-state index in [2.05, 4.69) is 39.5 Å². The van der Waals surface area contributed by atoms with Gasteiger partial charge in [0.2, 0.25) is 0 Å². The predicted octanol–water partition coefficient (Wildman–Crippen LogP) is 4.95. The summed E-state index contributed by atoms with van der Waals surface area (Å²) in [6.45, 7) is 12.5. The molecule has 1 N–H and O–H groups in total. The standard InChI is InChI=1S/C17H28O/c1-14(2)8-6-9-16(5)10-7-11-17(12-13-18)15(3)4/h8,10,12,18H,3,6-7,9,11,13H2,1-2,4-5H3. The van der Waals surface area contributed by atoms with Crippen molar-refractivity contribution in [2.45, 2.75) is 53.4 Å². The summed E-state index contributed by atoms with van der Waals surface area (Å²) in [7, 11) is 0. The quantitative estimate of drug-likeness (QED) is 0.476. The molecule has 0 fully saturated rings. The van der Waals surface area contributed by atoms with Gasteiger partial charge in [-0.1, -0.05) is 41.5 Å². The summed E-state index contributed by atoms with van der Waals surface area (Å²) in [4.78, 5) is 0. The van der Waals surface area contributed by atoms with Gasteiger partial charge in [0.1, 0.15) is 0 Å². The highest BCUT2D eigenvalue weighted by Crippen LogP contribution is 2.16. The number of aliphatic hydroxyl groups excluding tert-OH is 1. The smallest absolute Gasteiger partial charge is 0.0618 e. The molecule has 1 nitrogen and oxygen atoms in total. The van der Waals surface area contributed by atoms with Crippen LogP contribution in [-0.4, -0.2) is 11.7 Å². The van der Waals surface area contributed by atoms with Crippen molar-refractivity contribution in [3.05, 3.63) is 47.1 Å². The highest BCUT2D eigenvalue weighted by molar-refractivity contribution is 5.26. The Morgan fingerprint density at radius 1 is 0.944 bits per heavy atom. The van der Waals surface area contributed by atoms with Gasteiger partial charge in [-0.05, 0) is 59.0 Å². The molecular formula is C17H28O. The van der Waals surface area contributed by atoms with Crippen molar-refractivity contribution >= 4 is 0 Å². The molecule has 0 aliphatic rings. The summed E-state index contributed by atoms with van der Waals surface area (Å²) in [5.74, 6) is 0. The average Bonchev–Trinajstić information content (AvgIpc) is 2.27. The van der Waals surface area contributed by atoms with E-state index < -0.39 is 0 Å². The summed E-state index contributed by atoms with van der Waals surface area (Å²) in [5, 5.41) is 8.92. The number of aliphatic hydroxyl groups is 1. The van der Waals surface area contributed by atoms with E-state index in [1.807, 2.05) is 13.0 Å². The van der Waals surface area contributed by atoms with E-state index in [1.165, 1.54) is 16.7 Å². The lowest BCUT2D eigenvalue weighted by Crippen LogP contribution is -1.88. The van der Waals surface area contributed by atoms with Gasteiger partial charge >= 0.3 is 0 Å². The van der Waals surface area contributed by atoms with E-state index in [4.69, 9.17) is 5.11 Å². The van der Waals surface area contributed by atoms with Crippen LogP contribution in [0.5, 0.6) is 0 Å². The number of allylic oxidation sites excluding steroid dienone is 6. The van der Waals surface area contributed by atoms with Crippen LogP contribution < -0.4 is 0 Å². The molecule has 18 heavy (non-hydrogen) atoms. The number of rotatable bonds is 8.